The highest BCUT2D eigenvalue weighted by molar-refractivity contribution is 5.27. The minimum absolute atomic E-state index is 0.664. The van der Waals surface area contributed by atoms with Crippen LogP contribution in [-0.4, -0.2) is 29.6 Å². The Kier molecular flexibility index (Phi) is 5.02. The third kappa shape index (κ3) is 4.21. The standard InChI is InChI=1S/C22H28N2O/c1-17-5-4-6-22(23-17)25-16-19-13-21(14-19)20-9-7-18(8-10-20)15-24-11-2-3-12-24/h4-10,19,21H,2-3,11-16H2,1H3. The van der Waals surface area contributed by atoms with E-state index in [4.69, 9.17) is 4.74 Å². The van der Waals surface area contributed by atoms with E-state index in [1.54, 1.807) is 0 Å². The van der Waals surface area contributed by atoms with Gasteiger partial charge in [-0.15, -0.1) is 0 Å². The first-order chi connectivity index (χ1) is 12.3. The fourth-order valence-corrected chi connectivity index (χ4v) is 4.04. The molecule has 1 saturated carbocycles. The van der Waals surface area contributed by atoms with Crippen molar-refractivity contribution < 1.29 is 4.74 Å². The molecule has 132 valence electrons. The number of nitrogens with zero attached hydrogens (tertiary/aromatic N) is 2. The van der Waals surface area contributed by atoms with E-state index in [-0.39, 0.29) is 0 Å². The van der Waals surface area contributed by atoms with E-state index in [2.05, 4.69) is 34.1 Å². The predicted molar refractivity (Wildman–Crippen MR) is 101 cm³/mol. The van der Waals surface area contributed by atoms with E-state index < -0.39 is 0 Å². The fourth-order valence-electron chi connectivity index (χ4n) is 4.04. The quantitative estimate of drug-likeness (QED) is 0.773. The van der Waals surface area contributed by atoms with Crippen LogP contribution in [0, 0.1) is 12.8 Å². The van der Waals surface area contributed by atoms with Crippen molar-refractivity contribution >= 4 is 0 Å². The summed E-state index contributed by atoms with van der Waals surface area (Å²) in [6, 6.07) is 15.3. The number of pyridine rings is 1. The van der Waals surface area contributed by atoms with Crippen LogP contribution in [0.15, 0.2) is 42.5 Å². The maximum atomic E-state index is 5.85. The SMILES string of the molecule is Cc1cccc(OCC2CC(c3ccc(CN4CCCC4)cc3)C2)n1. The summed E-state index contributed by atoms with van der Waals surface area (Å²) in [6.45, 7) is 6.44. The first kappa shape index (κ1) is 16.6. The minimum atomic E-state index is 0.664. The molecule has 1 aliphatic heterocycles. The molecule has 1 aromatic heterocycles. The Morgan fingerprint density at radius 3 is 2.52 bits per heavy atom. The lowest BCUT2D eigenvalue weighted by atomic mass is 9.72. The highest BCUT2D eigenvalue weighted by atomic mass is 16.5. The summed E-state index contributed by atoms with van der Waals surface area (Å²) in [7, 11) is 0. The third-order valence-corrected chi connectivity index (χ3v) is 5.62. The Balaban J connectivity index is 1.23. The zero-order chi connectivity index (χ0) is 17.1. The van der Waals surface area contributed by atoms with Crippen molar-refractivity contribution in [2.24, 2.45) is 5.92 Å². The van der Waals surface area contributed by atoms with Crippen molar-refractivity contribution in [3.63, 3.8) is 0 Å². The van der Waals surface area contributed by atoms with Crippen LogP contribution in [0.1, 0.15) is 48.4 Å². The Bertz CT molecular complexity index is 685. The molecule has 4 rings (SSSR count). The molecular weight excluding hydrogens is 308 g/mol. The number of hydrogen-bond donors (Lipinski definition) is 0. The Morgan fingerprint density at radius 2 is 1.80 bits per heavy atom. The van der Waals surface area contributed by atoms with Gasteiger partial charge < -0.3 is 4.74 Å². The summed E-state index contributed by atoms with van der Waals surface area (Å²) in [6.07, 6.45) is 5.19. The van der Waals surface area contributed by atoms with E-state index in [9.17, 15) is 0 Å². The highest BCUT2D eigenvalue weighted by Gasteiger charge is 2.30. The van der Waals surface area contributed by atoms with Crippen molar-refractivity contribution in [2.45, 2.75) is 45.1 Å². The normalized spacial score (nSPS) is 23.4. The van der Waals surface area contributed by atoms with E-state index in [0.717, 1.165) is 24.7 Å². The summed E-state index contributed by atoms with van der Waals surface area (Å²) in [4.78, 5) is 6.97. The molecule has 2 aliphatic rings. The molecule has 0 amide bonds. The third-order valence-electron chi connectivity index (χ3n) is 5.62. The molecule has 25 heavy (non-hydrogen) atoms. The maximum absolute atomic E-state index is 5.85. The van der Waals surface area contributed by atoms with Crippen LogP contribution in [0.3, 0.4) is 0 Å². The van der Waals surface area contributed by atoms with Crippen LogP contribution in [-0.2, 0) is 6.54 Å². The maximum Gasteiger partial charge on any atom is 0.213 e. The molecular formula is C22H28N2O. The van der Waals surface area contributed by atoms with E-state index in [1.807, 2.05) is 25.1 Å². The van der Waals surface area contributed by atoms with Gasteiger partial charge in [-0.05, 0) is 74.7 Å². The van der Waals surface area contributed by atoms with E-state index in [1.165, 1.54) is 49.9 Å². The van der Waals surface area contributed by atoms with Gasteiger partial charge in [-0.1, -0.05) is 30.3 Å². The predicted octanol–water partition coefficient (Wildman–Crippen LogP) is 4.56. The summed E-state index contributed by atoms with van der Waals surface area (Å²) in [5.74, 6) is 2.13. The van der Waals surface area contributed by atoms with Crippen molar-refractivity contribution in [1.82, 2.24) is 9.88 Å². The Labute approximate surface area is 151 Å². The van der Waals surface area contributed by atoms with Crippen molar-refractivity contribution in [2.75, 3.05) is 19.7 Å². The molecule has 3 heteroatoms. The Morgan fingerprint density at radius 1 is 1.04 bits per heavy atom. The Hall–Kier alpha value is -1.87. The summed E-state index contributed by atoms with van der Waals surface area (Å²) in [5.41, 5.74) is 3.96. The first-order valence-electron chi connectivity index (χ1n) is 9.64. The lowest BCUT2D eigenvalue weighted by Gasteiger charge is -2.35. The largest absolute Gasteiger partial charge is 0.477 e. The van der Waals surface area contributed by atoms with Gasteiger partial charge in [0.2, 0.25) is 5.88 Å². The zero-order valence-corrected chi connectivity index (χ0v) is 15.2. The molecule has 0 unspecified atom stereocenters. The van der Waals surface area contributed by atoms with Crippen LogP contribution in [0.25, 0.3) is 0 Å². The number of likely N-dealkylation sites (tertiary alicyclic amines) is 1. The second kappa shape index (κ2) is 7.57. The van der Waals surface area contributed by atoms with Gasteiger partial charge in [-0.3, -0.25) is 4.90 Å². The number of aromatic nitrogens is 1. The fraction of sp³-hybridized carbons (Fsp3) is 0.500. The number of hydrogen-bond acceptors (Lipinski definition) is 3. The number of ether oxygens (including phenoxy) is 1. The molecule has 1 aromatic carbocycles. The van der Waals surface area contributed by atoms with Gasteiger partial charge in [-0.2, -0.15) is 0 Å². The van der Waals surface area contributed by atoms with Gasteiger partial charge in [0.05, 0.1) is 6.61 Å². The number of benzene rings is 1. The van der Waals surface area contributed by atoms with Crippen LogP contribution >= 0.6 is 0 Å². The summed E-state index contributed by atoms with van der Waals surface area (Å²) >= 11 is 0. The number of aryl methyl sites for hydroxylation is 1. The lowest BCUT2D eigenvalue weighted by Crippen LogP contribution is -2.27. The molecule has 0 bridgehead atoms. The topological polar surface area (TPSA) is 25.4 Å². The summed E-state index contributed by atoms with van der Waals surface area (Å²) < 4.78 is 5.85. The van der Waals surface area contributed by atoms with Gasteiger partial charge in [0.1, 0.15) is 0 Å². The molecule has 3 nitrogen and oxygen atoms in total. The molecule has 0 N–H and O–H groups in total. The monoisotopic (exact) mass is 336 g/mol. The second-order valence-electron chi connectivity index (χ2n) is 7.69. The van der Waals surface area contributed by atoms with Gasteiger partial charge in [0.15, 0.2) is 0 Å². The van der Waals surface area contributed by atoms with Crippen molar-refractivity contribution in [1.29, 1.82) is 0 Å². The van der Waals surface area contributed by atoms with Crippen LogP contribution in [0.2, 0.25) is 0 Å². The molecule has 0 spiro atoms. The minimum Gasteiger partial charge on any atom is -0.477 e. The molecule has 0 atom stereocenters. The zero-order valence-electron chi connectivity index (χ0n) is 15.2. The van der Waals surface area contributed by atoms with Gasteiger partial charge in [0.25, 0.3) is 0 Å². The van der Waals surface area contributed by atoms with Gasteiger partial charge in [-0.25, -0.2) is 4.98 Å². The van der Waals surface area contributed by atoms with Crippen molar-refractivity contribution in [3.8, 4) is 5.88 Å². The van der Waals surface area contributed by atoms with Crippen LogP contribution in [0.4, 0.5) is 0 Å². The molecule has 1 saturated heterocycles. The van der Waals surface area contributed by atoms with E-state index >= 15 is 0 Å². The highest BCUT2D eigenvalue weighted by Crippen LogP contribution is 2.41. The molecule has 1 aliphatic carbocycles. The second-order valence-corrected chi connectivity index (χ2v) is 7.69. The molecule has 2 fully saturated rings. The van der Waals surface area contributed by atoms with Gasteiger partial charge >= 0.3 is 0 Å². The lowest BCUT2D eigenvalue weighted by molar-refractivity contribution is 0.154. The van der Waals surface area contributed by atoms with Gasteiger partial charge in [0, 0.05) is 18.3 Å². The van der Waals surface area contributed by atoms with E-state index in [0.29, 0.717) is 11.8 Å². The molecule has 2 aromatic rings. The number of rotatable bonds is 6. The van der Waals surface area contributed by atoms with Crippen LogP contribution in [0.5, 0.6) is 5.88 Å². The average molecular weight is 336 g/mol. The summed E-state index contributed by atoms with van der Waals surface area (Å²) in [5, 5.41) is 0. The molecule has 0 radical (unpaired) electrons. The van der Waals surface area contributed by atoms with Crippen LogP contribution < -0.4 is 4.74 Å². The molecule has 2 heterocycles. The first-order valence-corrected chi connectivity index (χ1v) is 9.64. The van der Waals surface area contributed by atoms with Crippen molar-refractivity contribution in [3.05, 3.63) is 59.3 Å². The smallest absolute Gasteiger partial charge is 0.213 e. The average Bonchev–Trinajstić information content (AvgIpc) is 3.08.